The minimum Gasteiger partial charge on any atom is -0.369 e. The molecule has 0 saturated carbocycles. The third-order valence-electron chi connectivity index (χ3n) is 8.15. The normalized spacial score (nSPS) is 20.9. The van der Waals surface area contributed by atoms with Crippen molar-refractivity contribution in [2.45, 2.75) is 44.4 Å². The highest BCUT2D eigenvalue weighted by molar-refractivity contribution is 6.08. The predicted octanol–water partition coefficient (Wildman–Crippen LogP) is 3.72. The van der Waals surface area contributed by atoms with Gasteiger partial charge in [-0.15, -0.1) is 0 Å². The highest BCUT2D eigenvalue weighted by atomic mass is 16.6. The van der Waals surface area contributed by atoms with Crippen LogP contribution in [0, 0.1) is 21.4 Å². The number of nitrogens with two attached hydrogens (primary N) is 1. The second-order valence-corrected chi connectivity index (χ2v) is 10.6. The zero-order chi connectivity index (χ0) is 28.9. The largest absolute Gasteiger partial charge is 0.369 e. The van der Waals surface area contributed by atoms with E-state index >= 15 is 0 Å². The molecule has 4 rings (SSSR count). The van der Waals surface area contributed by atoms with Gasteiger partial charge in [-0.05, 0) is 63.9 Å². The Balaban J connectivity index is 1.39. The van der Waals surface area contributed by atoms with Crippen LogP contribution in [-0.2, 0) is 15.0 Å². The molecule has 2 aliphatic heterocycles. The Bertz CT molecular complexity index is 1330. The van der Waals surface area contributed by atoms with Crippen molar-refractivity contribution in [2.75, 3.05) is 26.2 Å². The summed E-state index contributed by atoms with van der Waals surface area (Å²) in [6.07, 6.45) is 4.08. The van der Waals surface area contributed by atoms with Crippen LogP contribution in [0.2, 0.25) is 0 Å². The van der Waals surface area contributed by atoms with Gasteiger partial charge in [0, 0.05) is 53.2 Å². The maximum absolute atomic E-state index is 13.4. The van der Waals surface area contributed by atoms with E-state index in [2.05, 4.69) is 27.3 Å². The Morgan fingerprint density at radius 2 is 1.80 bits per heavy atom. The van der Waals surface area contributed by atoms with Crippen molar-refractivity contribution in [3.05, 3.63) is 87.1 Å². The average Bonchev–Trinajstić information content (AvgIpc) is 2.95. The van der Waals surface area contributed by atoms with Crippen LogP contribution < -0.4 is 11.1 Å². The number of hydrogen-bond acceptors (Lipinski definition) is 7. The third-order valence-corrected chi connectivity index (χ3v) is 8.15. The first-order valence-corrected chi connectivity index (χ1v) is 13.5. The van der Waals surface area contributed by atoms with Gasteiger partial charge in [0.1, 0.15) is 0 Å². The van der Waals surface area contributed by atoms with E-state index < -0.39 is 22.7 Å². The molecule has 40 heavy (non-hydrogen) atoms. The fourth-order valence-corrected chi connectivity index (χ4v) is 5.93. The van der Waals surface area contributed by atoms with Crippen LogP contribution in [0.5, 0.6) is 0 Å². The van der Waals surface area contributed by atoms with Crippen LogP contribution in [0.15, 0.2) is 70.9 Å². The van der Waals surface area contributed by atoms with Crippen molar-refractivity contribution in [2.24, 2.45) is 16.6 Å². The van der Waals surface area contributed by atoms with E-state index in [9.17, 15) is 19.7 Å². The number of primary amides is 1. The van der Waals surface area contributed by atoms with Crippen molar-refractivity contribution in [3.8, 4) is 0 Å². The number of non-ortho nitro benzene ring substituents is 1. The van der Waals surface area contributed by atoms with Crippen LogP contribution >= 0.6 is 0 Å². The van der Waals surface area contributed by atoms with Crippen LogP contribution in [0.4, 0.5) is 5.69 Å². The number of carbonyl (C=O) groups is 2. The van der Waals surface area contributed by atoms with Crippen molar-refractivity contribution in [1.29, 1.82) is 5.41 Å². The summed E-state index contributed by atoms with van der Waals surface area (Å²) in [6.45, 7) is 6.43. The van der Waals surface area contributed by atoms with Crippen LogP contribution in [0.3, 0.4) is 0 Å². The second kappa shape index (κ2) is 12.3. The first-order chi connectivity index (χ1) is 19.2. The summed E-state index contributed by atoms with van der Waals surface area (Å²) >= 11 is 0. The fourth-order valence-electron chi connectivity index (χ4n) is 5.93. The van der Waals surface area contributed by atoms with E-state index in [0.717, 1.165) is 38.9 Å². The Labute approximate surface area is 234 Å². The minimum atomic E-state index is -0.835. The summed E-state index contributed by atoms with van der Waals surface area (Å²) in [5.41, 5.74) is 8.56. The molecule has 2 aromatic carbocycles. The molecule has 210 valence electrons. The fraction of sp³-hybridized carbons (Fsp3) is 0.400. The van der Waals surface area contributed by atoms with Gasteiger partial charge in [-0.25, -0.2) is 0 Å². The number of aliphatic imine (C=N–C) groups is 1. The summed E-state index contributed by atoms with van der Waals surface area (Å²) < 4.78 is 0. The third kappa shape index (κ3) is 6.02. The summed E-state index contributed by atoms with van der Waals surface area (Å²) in [5, 5.41) is 22.2. The molecule has 2 atom stereocenters. The zero-order valence-electron chi connectivity index (χ0n) is 22.9. The number of allylic oxidation sites excluding steroid dienone is 1. The van der Waals surface area contributed by atoms with Gasteiger partial charge in [-0.1, -0.05) is 42.5 Å². The van der Waals surface area contributed by atoms with E-state index in [-0.39, 0.29) is 17.0 Å². The molecule has 10 heteroatoms. The molecule has 4 N–H and O–H groups in total. The van der Waals surface area contributed by atoms with E-state index in [0.29, 0.717) is 29.1 Å². The highest BCUT2D eigenvalue weighted by Crippen LogP contribution is 2.39. The molecule has 10 nitrogen and oxygen atoms in total. The van der Waals surface area contributed by atoms with Gasteiger partial charge < -0.3 is 21.4 Å². The first kappa shape index (κ1) is 28.8. The maximum Gasteiger partial charge on any atom is 0.269 e. The Morgan fingerprint density at radius 3 is 2.38 bits per heavy atom. The van der Waals surface area contributed by atoms with Gasteiger partial charge in [0.2, 0.25) is 11.8 Å². The lowest BCUT2D eigenvalue weighted by Gasteiger charge is -2.39. The molecule has 2 heterocycles. The van der Waals surface area contributed by atoms with E-state index in [1.165, 1.54) is 17.7 Å². The zero-order valence-corrected chi connectivity index (χ0v) is 22.9. The number of rotatable bonds is 10. The lowest BCUT2D eigenvalue weighted by molar-refractivity contribution is -0.384. The number of piperidine rings is 1. The van der Waals surface area contributed by atoms with Gasteiger partial charge >= 0.3 is 0 Å². The Hall–Kier alpha value is -4.18. The molecule has 0 aromatic heterocycles. The molecule has 0 aliphatic carbocycles. The molecule has 2 aromatic rings. The average molecular weight is 545 g/mol. The van der Waals surface area contributed by atoms with Crippen molar-refractivity contribution >= 4 is 29.4 Å². The second-order valence-electron chi connectivity index (χ2n) is 10.6. The number of nitrogens with one attached hydrogen (secondary N) is 2. The summed E-state index contributed by atoms with van der Waals surface area (Å²) in [4.78, 5) is 43.3. The molecule has 2 aliphatic rings. The molecule has 2 amide bonds. The first-order valence-electron chi connectivity index (χ1n) is 13.5. The number of nitro groups is 1. The topological polar surface area (TPSA) is 155 Å². The van der Waals surface area contributed by atoms with Crippen molar-refractivity contribution in [1.82, 2.24) is 10.2 Å². The SMILES string of the molecule is CC1=NC(C)=C(C(=O)NCCCN2CCC(C=N)(c3ccccc3)CC2)C(c2ccc([N+](=O)[O-])cc2)C1C(N)=O. The van der Waals surface area contributed by atoms with Crippen molar-refractivity contribution in [3.63, 3.8) is 0 Å². The molecular weight excluding hydrogens is 508 g/mol. The molecular formula is C30H36N6O4. The summed E-state index contributed by atoms with van der Waals surface area (Å²) in [5.74, 6) is -2.46. The van der Waals surface area contributed by atoms with Gasteiger partial charge in [0.05, 0.1) is 10.8 Å². The quantitative estimate of drug-likeness (QED) is 0.180. The van der Waals surface area contributed by atoms with Crippen LogP contribution in [0.1, 0.15) is 50.2 Å². The number of nitrogens with zero attached hydrogens (tertiary/aromatic N) is 3. The predicted molar refractivity (Wildman–Crippen MR) is 155 cm³/mol. The van der Waals surface area contributed by atoms with Crippen molar-refractivity contribution < 1.29 is 14.5 Å². The lowest BCUT2D eigenvalue weighted by atomic mass is 9.74. The van der Waals surface area contributed by atoms with Crippen LogP contribution in [-0.4, -0.2) is 59.7 Å². The molecule has 2 unspecified atom stereocenters. The highest BCUT2D eigenvalue weighted by Gasteiger charge is 2.40. The van der Waals surface area contributed by atoms with Gasteiger partial charge in [-0.3, -0.25) is 24.7 Å². The number of nitro benzene ring substituents is 1. The summed E-state index contributed by atoms with van der Waals surface area (Å²) in [7, 11) is 0. The molecule has 1 fully saturated rings. The van der Waals surface area contributed by atoms with E-state index in [4.69, 9.17) is 11.1 Å². The smallest absolute Gasteiger partial charge is 0.269 e. The standard InChI is InChI=1S/C30H36N6O4/c1-20-25(28(32)37)27(22-9-11-24(12-10-22)36(39)40)26(21(2)34-20)29(38)33-15-6-16-35-17-13-30(19-31,14-18-35)23-7-4-3-5-8-23/h3-5,7-12,19,25,27,31H,6,13-18H2,1-2H3,(H2,32,37)(H,33,38). The molecule has 0 spiro atoms. The number of amides is 2. The van der Waals surface area contributed by atoms with E-state index in [1.54, 1.807) is 32.2 Å². The number of likely N-dealkylation sites (tertiary alicyclic amines) is 1. The molecule has 1 saturated heterocycles. The lowest BCUT2D eigenvalue weighted by Crippen LogP contribution is -2.44. The molecule has 0 radical (unpaired) electrons. The van der Waals surface area contributed by atoms with Gasteiger partial charge in [-0.2, -0.15) is 0 Å². The summed E-state index contributed by atoms with van der Waals surface area (Å²) in [6, 6.07) is 16.1. The van der Waals surface area contributed by atoms with Gasteiger partial charge in [0.25, 0.3) is 5.69 Å². The Morgan fingerprint density at radius 1 is 1.15 bits per heavy atom. The van der Waals surface area contributed by atoms with E-state index in [1.807, 2.05) is 18.2 Å². The molecule has 0 bridgehead atoms. The number of carbonyl (C=O) groups excluding carboxylic acids is 2. The van der Waals surface area contributed by atoms with Crippen LogP contribution in [0.25, 0.3) is 0 Å². The monoisotopic (exact) mass is 544 g/mol. The minimum absolute atomic E-state index is 0.0772. The Kier molecular flexibility index (Phi) is 8.89. The number of hydrogen-bond donors (Lipinski definition) is 3. The number of benzene rings is 2. The maximum atomic E-state index is 13.4. The van der Waals surface area contributed by atoms with Gasteiger partial charge in [0.15, 0.2) is 0 Å².